The first-order valence-electron chi connectivity index (χ1n) is 12.0. The monoisotopic (exact) mass is 473 g/mol. The van der Waals surface area contributed by atoms with E-state index in [4.69, 9.17) is 0 Å². The standard InChI is InChI=1S/C29H32FN3O2/c1-32(2)26-16-14-25(15-17-26)31-28(35)29(18-6-7-19-29)33(21-23-10-12-24(30)13-11-23)27(34)20-22-8-4-3-5-9-22/h3-5,8-17H,6-7,18-21H2,1-2H3,(H,31,35). The van der Waals surface area contributed by atoms with E-state index in [0.29, 0.717) is 18.5 Å². The fraction of sp³-hybridized carbons (Fsp3) is 0.310. The molecule has 1 N–H and O–H groups in total. The van der Waals surface area contributed by atoms with Crippen LogP contribution < -0.4 is 10.2 Å². The molecule has 1 fully saturated rings. The Morgan fingerprint density at radius 2 is 1.49 bits per heavy atom. The average Bonchev–Trinajstić information content (AvgIpc) is 3.35. The van der Waals surface area contributed by atoms with Crippen LogP contribution >= 0.6 is 0 Å². The summed E-state index contributed by atoms with van der Waals surface area (Å²) in [7, 11) is 3.93. The number of rotatable bonds is 8. The molecule has 0 spiro atoms. The zero-order valence-corrected chi connectivity index (χ0v) is 20.3. The van der Waals surface area contributed by atoms with Crippen molar-refractivity contribution in [3.8, 4) is 0 Å². The van der Waals surface area contributed by atoms with Gasteiger partial charge in [0.25, 0.3) is 0 Å². The normalized spacial score (nSPS) is 14.4. The number of benzene rings is 3. The van der Waals surface area contributed by atoms with Crippen molar-refractivity contribution in [2.45, 2.75) is 44.2 Å². The molecule has 2 amide bonds. The van der Waals surface area contributed by atoms with E-state index in [9.17, 15) is 14.0 Å². The molecule has 0 heterocycles. The molecule has 1 aliphatic carbocycles. The summed E-state index contributed by atoms with van der Waals surface area (Å²) in [4.78, 5) is 31.3. The lowest BCUT2D eigenvalue weighted by atomic mass is 9.91. The summed E-state index contributed by atoms with van der Waals surface area (Å²) >= 11 is 0. The number of hydrogen-bond acceptors (Lipinski definition) is 3. The van der Waals surface area contributed by atoms with E-state index < -0.39 is 5.54 Å². The second kappa shape index (κ2) is 10.7. The lowest BCUT2D eigenvalue weighted by Gasteiger charge is -2.40. The summed E-state index contributed by atoms with van der Waals surface area (Å²) < 4.78 is 13.5. The first-order chi connectivity index (χ1) is 16.9. The quantitative estimate of drug-likeness (QED) is 0.476. The average molecular weight is 474 g/mol. The lowest BCUT2D eigenvalue weighted by molar-refractivity contribution is -0.145. The van der Waals surface area contributed by atoms with Crippen LogP contribution in [0.1, 0.15) is 36.8 Å². The van der Waals surface area contributed by atoms with Crippen LogP contribution in [0.2, 0.25) is 0 Å². The van der Waals surface area contributed by atoms with Gasteiger partial charge in [-0.1, -0.05) is 55.3 Å². The fourth-order valence-corrected chi connectivity index (χ4v) is 4.79. The molecular weight excluding hydrogens is 441 g/mol. The van der Waals surface area contributed by atoms with Gasteiger partial charge >= 0.3 is 0 Å². The summed E-state index contributed by atoms with van der Waals surface area (Å²) in [5, 5.41) is 3.07. The van der Waals surface area contributed by atoms with Crippen molar-refractivity contribution in [3.05, 3.63) is 95.8 Å². The van der Waals surface area contributed by atoms with Crippen LogP contribution in [0.5, 0.6) is 0 Å². The van der Waals surface area contributed by atoms with Crippen molar-refractivity contribution in [2.24, 2.45) is 0 Å². The van der Waals surface area contributed by atoms with E-state index in [1.165, 1.54) is 12.1 Å². The van der Waals surface area contributed by atoms with Crippen LogP contribution in [0.4, 0.5) is 15.8 Å². The maximum Gasteiger partial charge on any atom is 0.250 e. The zero-order chi connectivity index (χ0) is 24.8. The van der Waals surface area contributed by atoms with Gasteiger partial charge in [-0.2, -0.15) is 0 Å². The highest BCUT2D eigenvalue weighted by Gasteiger charge is 2.48. The number of halogens is 1. The molecule has 6 heteroatoms. The number of nitrogens with zero attached hydrogens (tertiary/aromatic N) is 2. The fourth-order valence-electron chi connectivity index (χ4n) is 4.79. The third-order valence-electron chi connectivity index (χ3n) is 6.76. The van der Waals surface area contributed by atoms with Crippen LogP contribution in [0.3, 0.4) is 0 Å². The zero-order valence-electron chi connectivity index (χ0n) is 20.3. The Hall–Kier alpha value is -3.67. The molecule has 0 saturated heterocycles. The van der Waals surface area contributed by atoms with Crippen molar-refractivity contribution >= 4 is 23.2 Å². The molecular formula is C29H32FN3O2. The van der Waals surface area contributed by atoms with Gasteiger partial charge in [0.15, 0.2) is 0 Å². The summed E-state index contributed by atoms with van der Waals surface area (Å²) in [6.07, 6.45) is 3.12. The van der Waals surface area contributed by atoms with E-state index in [1.807, 2.05) is 73.6 Å². The molecule has 0 radical (unpaired) electrons. The lowest BCUT2D eigenvalue weighted by Crippen LogP contribution is -2.57. The van der Waals surface area contributed by atoms with Gasteiger partial charge in [0.2, 0.25) is 11.8 Å². The van der Waals surface area contributed by atoms with Crippen LogP contribution in [0, 0.1) is 5.82 Å². The molecule has 3 aromatic carbocycles. The Morgan fingerprint density at radius 3 is 2.09 bits per heavy atom. The Kier molecular flexibility index (Phi) is 7.49. The molecule has 35 heavy (non-hydrogen) atoms. The SMILES string of the molecule is CN(C)c1ccc(NC(=O)C2(N(Cc3ccc(F)cc3)C(=O)Cc3ccccc3)CCCC2)cc1. The maximum atomic E-state index is 13.8. The van der Waals surface area contributed by atoms with Crippen LogP contribution in [0.25, 0.3) is 0 Å². The van der Waals surface area contributed by atoms with Gasteiger partial charge in [0.1, 0.15) is 11.4 Å². The first kappa shape index (κ1) is 24.5. The first-order valence-corrected chi connectivity index (χ1v) is 12.0. The minimum atomic E-state index is -0.958. The van der Waals surface area contributed by atoms with Gasteiger partial charge < -0.3 is 15.1 Å². The summed E-state index contributed by atoms with van der Waals surface area (Å²) in [5.41, 5.74) is 2.47. The number of nitrogens with one attached hydrogen (secondary N) is 1. The van der Waals surface area contributed by atoms with Gasteiger partial charge in [0, 0.05) is 32.0 Å². The molecule has 1 aliphatic rings. The minimum Gasteiger partial charge on any atom is -0.378 e. The Balaban J connectivity index is 1.64. The molecule has 0 atom stereocenters. The second-order valence-electron chi connectivity index (χ2n) is 9.40. The van der Waals surface area contributed by atoms with Gasteiger partial charge in [-0.3, -0.25) is 9.59 Å². The van der Waals surface area contributed by atoms with E-state index in [1.54, 1.807) is 17.0 Å². The molecule has 0 aliphatic heterocycles. The topological polar surface area (TPSA) is 52.7 Å². The summed E-state index contributed by atoms with van der Waals surface area (Å²) in [6, 6.07) is 23.4. The minimum absolute atomic E-state index is 0.111. The Morgan fingerprint density at radius 1 is 0.857 bits per heavy atom. The van der Waals surface area contributed by atoms with E-state index in [-0.39, 0.29) is 30.6 Å². The molecule has 1 saturated carbocycles. The van der Waals surface area contributed by atoms with Gasteiger partial charge in [0.05, 0.1) is 6.42 Å². The predicted molar refractivity (Wildman–Crippen MR) is 138 cm³/mol. The highest BCUT2D eigenvalue weighted by atomic mass is 19.1. The van der Waals surface area contributed by atoms with Gasteiger partial charge in [-0.25, -0.2) is 4.39 Å². The van der Waals surface area contributed by atoms with Crippen molar-refractivity contribution in [1.82, 2.24) is 4.90 Å². The van der Waals surface area contributed by atoms with Crippen LogP contribution in [-0.2, 0) is 22.6 Å². The third kappa shape index (κ3) is 5.70. The largest absolute Gasteiger partial charge is 0.378 e. The summed E-state index contributed by atoms with van der Waals surface area (Å²) in [5.74, 6) is -0.609. The maximum absolute atomic E-state index is 13.8. The van der Waals surface area contributed by atoms with Gasteiger partial charge in [-0.05, 0) is 60.4 Å². The van der Waals surface area contributed by atoms with Crippen LogP contribution in [0.15, 0.2) is 78.9 Å². The van der Waals surface area contributed by atoms with Crippen molar-refractivity contribution in [3.63, 3.8) is 0 Å². The second-order valence-corrected chi connectivity index (χ2v) is 9.40. The molecule has 182 valence electrons. The number of hydrogen-bond donors (Lipinski definition) is 1. The number of amides is 2. The van der Waals surface area contributed by atoms with Crippen molar-refractivity contribution < 1.29 is 14.0 Å². The smallest absolute Gasteiger partial charge is 0.250 e. The third-order valence-corrected chi connectivity index (χ3v) is 6.76. The predicted octanol–water partition coefficient (Wildman–Crippen LogP) is 5.41. The number of carbonyl (C=O) groups is 2. The van der Waals surface area contributed by atoms with E-state index in [0.717, 1.165) is 29.7 Å². The molecule has 0 bridgehead atoms. The summed E-state index contributed by atoms with van der Waals surface area (Å²) in [6.45, 7) is 0.249. The Bertz CT molecular complexity index is 1140. The molecule has 0 unspecified atom stereocenters. The Labute approximate surface area is 206 Å². The number of carbonyl (C=O) groups excluding carboxylic acids is 2. The molecule has 0 aromatic heterocycles. The highest BCUT2D eigenvalue weighted by Crippen LogP contribution is 2.38. The molecule has 5 nitrogen and oxygen atoms in total. The van der Waals surface area contributed by atoms with Crippen molar-refractivity contribution in [1.29, 1.82) is 0 Å². The van der Waals surface area contributed by atoms with Crippen LogP contribution in [-0.4, -0.2) is 36.3 Å². The van der Waals surface area contributed by atoms with E-state index >= 15 is 0 Å². The molecule has 3 aromatic rings. The molecule has 4 rings (SSSR count). The van der Waals surface area contributed by atoms with Gasteiger partial charge in [-0.15, -0.1) is 0 Å². The van der Waals surface area contributed by atoms with Crippen molar-refractivity contribution in [2.75, 3.05) is 24.3 Å². The highest BCUT2D eigenvalue weighted by molar-refractivity contribution is 6.01. The van der Waals surface area contributed by atoms with E-state index in [2.05, 4.69) is 5.32 Å². The number of anilines is 2.